The molecule has 0 radical (unpaired) electrons. The Kier molecular flexibility index (Phi) is 17.2. The number of ether oxygens (including phenoxy) is 2. The van der Waals surface area contributed by atoms with E-state index in [0.717, 1.165) is 9.80 Å². The Morgan fingerprint density at radius 3 is 1.11 bits per heavy atom. The van der Waals surface area contributed by atoms with Gasteiger partial charge in [0, 0.05) is 50.2 Å². The molecule has 0 aromatic heterocycles. The lowest BCUT2D eigenvalue weighted by Gasteiger charge is -2.13. The molecule has 16 nitrogen and oxygen atoms in total. The second-order valence-corrected chi connectivity index (χ2v) is 12.0. The summed E-state index contributed by atoms with van der Waals surface area (Å²) in [5.41, 5.74) is -0.131. The molecule has 5 rings (SSSR count). The van der Waals surface area contributed by atoms with E-state index in [0.29, 0.717) is 51.6 Å². The Bertz CT molecular complexity index is 1790. The minimum Gasteiger partial charge on any atom is -0.508 e. The topological polar surface area (TPSA) is 242 Å². The number of carbonyl (C=O) groups excluding carboxylic acids is 6. The van der Waals surface area contributed by atoms with Gasteiger partial charge in [0.05, 0.1) is 0 Å². The number of phenolic OH excluding ortho intramolecular Hbond substituents is 2. The number of aromatic carboxylic acids is 2. The molecule has 16 heteroatoms. The summed E-state index contributed by atoms with van der Waals surface area (Å²) in [7, 11) is 0. The number of unbranched alkanes of at least 4 members (excludes halogenated alkanes) is 4. The molecule has 0 unspecified atom stereocenters. The summed E-state index contributed by atoms with van der Waals surface area (Å²) in [6.45, 7) is 0.642. The molecule has 56 heavy (non-hydrogen) atoms. The highest BCUT2D eigenvalue weighted by Crippen LogP contribution is 2.20. The number of phenols is 2. The van der Waals surface area contributed by atoms with E-state index in [9.17, 15) is 38.4 Å². The molecule has 2 aliphatic heterocycles. The first-order valence-electron chi connectivity index (χ1n) is 17.4. The summed E-state index contributed by atoms with van der Waals surface area (Å²) >= 11 is 0. The van der Waals surface area contributed by atoms with Crippen LogP contribution in [-0.2, 0) is 28.8 Å². The molecule has 4 N–H and O–H groups in total. The molecule has 0 spiro atoms. The van der Waals surface area contributed by atoms with Gasteiger partial charge >= 0.3 is 23.9 Å². The smallest absolute Gasteiger partial charge is 0.339 e. The van der Waals surface area contributed by atoms with Crippen LogP contribution in [0.5, 0.6) is 23.0 Å². The van der Waals surface area contributed by atoms with Gasteiger partial charge in [0.15, 0.2) is 0 Å². The number of amides is 4. The van der Waals surface area contributed by atoms with Crippen molar-refractivity contribution in [2.24, 2.45) is 0 Å². The van der Waals surface area contributed by atoms with Crippen molar-refractivity contribution in [2.45, 2.75) is 51.4 Å². The molecule has 3 aromatic rings. The molecular formula is C40H40N2O14. The fourth-order valence-corrected chi connectivity index (χ4v) is 5.00. The molecular weight excluding hydrogens is 732 g/mol. The first-order chi connectivity index (χ1) is 26.8. The SMILES string of the molecule is O=C(CCCCCN1C(=O)C=CC1=O)Oc1ccccc1C(=O)O.O=C(CCCCCN1C(=O)C=CC1=O)Oc1ccccc1C(=O)O.Oc1ccc(O)cc1. The van der Waals surface area contributed by atoms with Gasteiger partial charge in [-0.1, -0.05) is 37.1 Å². The molecule has 0 atom stereocenters. The normalized spacial score (nSPS) is 12.8. The first-order valence-corrected chi connectivity index (χ1v) is 17.4. The second kappa shape index (κ2) is 22.2. The van der Waals surface area contributed by atoms with Gasteiger partial charge in [-0.3, -0.25) is 38.6 Å². The lowest BCUT2D eigenvalue weighted by atomic mass is 10.2. The van der Waals surface area contributed by atoms with E-state index in [1.165, 1.54) is 72.8 Å². The van der Waals surface area contributed by atoms with Crippen LogP contribution in [-0.4, -0.2) is 90.8 Å². The number of aromatic hydroxyl groups is 2. The standard InChI is InChI=1S/2C17H17NO6.C6H6O2/c2*19-14-9-10-15(20)18(14)11-5-1-2-8-16(21)24-13-7-4-3-6-12(13)17(22)23;7-5-1-2-6(8)4-3-5/h2*3-4,6-7,9-10H,1-2,5,8,11H2,(H,22,23);1-4,7-8H. The van der Waals surface area contributed by atoms with Gasteiger partial charge in [-0.05, 0) is 74.2 Å². The first kappa shape index (κ1) is 43.3. The number of imide groups is 2. The van der Waals surface area contributed by atoms with Crippen LogP contribution in [0.2, 0.25) is 0 Å². The largest absolute Gasteiger partial charge is 0.508 e. The third-order valence-electron chi connectivity index (χ3n) is 7.86. The third kappa shape index (κ3) is 14.4. The maximum atomic E-state index is 11.8. The molecule has 0 fully saturated rings. The minimum absolute atomic E-state index is 0.0225. The van der Waals surface area contributed by atoms with E-state index in [4.69, 9.17) is 29.9 Å². The Labute approximate surface area is 320 Å². The fourth-order valence-electron chi connectivity index (χ4n) is 5.00. The molecule has 0 saturated heterocycles. The van der Waals surface area contributed by atoms with E-state index in [1.54, 1.807) is 24.3 Å². The number of nitrogens with zero attached hydrogens (tertiary/aromatic N) is 2. The Hall–Kier alpha value is -7.10. The van der Waals surface area contributed by atoms with E-state index in [-0.39, 0.29) is 70.6 Å². The maximum absolute atomic E-state index is 11.8. The summed E-state index contributed by atoms with van der Waals surface area (Å²) in [4.78, 5) is 93.3. The number of esters is 2. The molecule has 294 valence electrons. The van der Waals surface area contributed by atoms with Crippen molar-refractivity contribution in [3.63, 3.8) is 0 Å². The Morgan fingerprint density at radius 2 is 0.786 bits per heavy atom. The summed E-state index contributed by atoms with van der Waals surface area (Å²) < 4.78 is 10.1. The summed E-state index contributed by atoms with van der Waals surface area (Å²) in [5, 5.41) is 35.3. The van der Waals surface area contributed by atoms with Crippen molar-refractivity contribution in [2.75, 3.05) is 13.1 Å². The quantitative estimate of drug-likeness (QED) is 0.0510. The predicted octanol–water partition coefficient (Wildman–Crippen LogP) is 4.65. The van der Waals surface area contributed by atoms with Crippen LogP contribution in [0.1, 0.15) is 72.1 Å². The van der Waals surface area contributed by atoms with Crippen LogP contribution in [0.25, 0.3) is 0 Å². The third-order valence-corrected chi connectivity index (χ3v) is 7.86. The molecule has 2 aliphatic rings. The van der Waals surface area contributed by atoms with Crippen LogP contribution < -0.4 is 9.47 Å². The van der Waals surface area contributed by atoms with Crippen LogP contribution in [0.15, 0.2) is 97.1 Å². The van der Waals surface area contributed by atoms with E-state index in [1.807, 2.05) is 0 Å². The highest BCUT2D eigenvalue weighted by molar-refractivity contribution is 6.13. The number of hydrogen-bond acceptors (Lipinski definition) is 12. The lowest BCUT2D eigenvalue weighted by Crippen LogP contribution is -2.30. The monoisotopic (exact) mass is 772 g/mol. The number of carboxylic acid groups (broad SMARTS) is 2. The minimum atomic E-state index is -1.16. The fraction of sp³-hybridized carbons (Fsp3) is 0.250. The lowest BCUT2D eigenvalue weighted by molar-refractivity contribution is -0.138. The molecule has 3 aromatic carbocycles. The summed E-state index contributed by atoms with van der Waals surface area (Å²) in [5.74, 6) is -4.23. The molecule has 4 amide bonds. The summed E-state index contributed by atoms with van der Waals surface area (Å²) in [6, 6.07) is 17.6. The summed E-state index contributed by atoms with van der Waals surface area (Å²) in [6.07, 6.45) is 8.74. The Morgan fingerprint density at radius 1 is 0.464 bits per heavy atom. The van der Waals surface area contributed by atoms with Crippen molar-refractivity contribution in [3.05, 3.63) is 108 Å². The van der Waals surface area contributed by atoms with Gasteiger partial charge in [0.2, 0.25) is 0 Å². The average molecular weight is 773 g/mol. The van der Waals surface area contributed by atoms with Gasteiger partial charge in [-0.15, -0.1) is 0 Å². The van der Waals surface area contributed by atoms with Crippen molar-refractivity contribution in [3.8, 4) is 23.0 Å². The van der Waals surface area contributed by atoms with Gasteiger partial charge < -0.3 is 29.9 Å². The molecule has 2 heterocycles. The van der Waals surface area contributed by atoms with E-state index >= 15 is 0 Å². The number of carbonyl (C=O) groups is 8. The number of carboxylic acids is 2. The van der Waals surface area contributed by atoms with Crippen LogP contribution >= 0.6 is 0 Å². The molecule has 0 bridgehead atoms. The van der Waals surface area contributed by atoms with Crippen molar-refractivity contribution in [1.82, 2.24) is 9.80 Å². The molecule has 0 aliphatic carbocycles. The van der Waals surface area contributed by atoms with E-state index < -0.39 is 23.9 Å². The van der Waals surface area contributed by atoms with Crippen LogP contribution in [0.4, 0.5) is 0 Å². The zero-order valence-electron chi connectivity index (χ0n) is 30.1. The van der Waals surface area contributed by atoms with Gasteiger partial charge in [0.1, 0.15) is 34.1 Å². The second-order valence-electron chi connectivity index (χ2n) is 12.0. The van der Waals surface area contributed by atoms with E-state index in [2.05, 4.69) is 0 Å². The Balaban J connectivity index is 0.000000251. The van der Waals surface area contributed by atoms with Gasteiger partial charge in [-0.2, -0.15) is 0 Å². The number of hydrogen-bond donors (Lipinski definition) is 4. The number of benzene rings is 3. The van der Waals surface area contributed by atoms with Gasteiger partial charge in [0.25, 0.3) is 23.6 Å². The van der Waals surface area contributed by atoms with Crippen molar-refractivity contribution >= 4 is 47.5 Å². The zero-order chi connectivity index (χ0) is 41.0. The average Bonchev–Trinajstić information content (AvgIpc) is 3.67. The van der Waals surface area contributed by atoms with Crippen LogP contribution in [0.3, 0.4) is 0 Å². The van der Waals surface area contributed by atoms with Crippen LogP contribution in [0, 0.1) is 0 Å². The molecule has 0 saturated carbocycles. The van der Waals surface area contributed by atoms with Crippen molar-refractivity contribution in [1.29, 1.82) is 0 Å². The number of rotatable bonds is 16. The van der Waals surface area contributed by atoms with Gasteiger partial charge in [-0.25, -0.2) is 9.59 Å². The predicted molar refractivity (Wildman–Crippen MR) is 197 cm³/mol. The maximum Gasteiger partial charge on any atom is 0.339 e. The highest BCUT2D eigenvalue weighted by Gasteiger charge is 2.23. The number of para-hydroxylation sites is 2. The van der Waals surface area contributed by atoms with Crippen molar-refractivity contribution < 1.29 is 68.3 Å². The highest BCUT2D eigenvalue weighted by atomic mass is 16.5. The zero-order valence-corrected chi connectivity index (χ0v) is 30.1.